The summed E-state index contributed by atoms with van der Waals surface area (Å²) in [7, 11) is 1.59. The fourth-order valence-corrected chi connectivity index (χ4v) is 5.39. The molecule has 0 N–H and O–H groups in total. The Bertz CT molecular complexity index is 1440. The number of amides is 1. The number of nitrogens with zero attached hydrogens (tertiary/aromatic N) is 3. The number of aromatic nitrogens is 2. The van der Waals surface area contributed by atoms with Crippen LogP contribution >= 0.6 is 0 Å². The van der Waals surface area contributed by atoms with Gasteiger partial charge in [-0.2, -0.15) is 0 Å². The highest BCUT2D eigenvalue weighted by Crippen LogP contribution is 2.32. The van der Waals surface area contributed by atoms with Crippen LogP contribution in [0.4, 0.5) is 0 Å². The highest BCUT2D eigenvalue weighted by atomic mass is 16.5. The highest BCUT2D eigenvalue weighted by molar-refractivity contribution is 5.80. The highest BCUT2D eigenvalue weighted by Gasteiger charge is 2.32. The molecule has 4 aromatic rings. The molecular weight excluding hydrogens is 462 g/mol. The average molecular weight is 496 g/mol. The van der Waals surface area contributed by atoms with Crippen molar-refractivity contribution in [3.8, 4) is 11.4 Å². The molecule has 1 heterocycles. The van der Waals surface area contributed by atoms with Crippen molar-refractivity contribution in [3.63, 3.8) is 0 Å². The van der Waals surface area contributed by atoms with Crippen LogP contribution < -0.4 is 10.3 Å². The molecule has 1 saturated carbocycles. The van der Waals surface area contributed by atoms with Crippen LogP contribution in [0, 0.1) is 5.92 Å². The molecule has 1 atom stereocenters. The average Bonchev–Trinajstić information content (AvgIpc) is 2.96. The summed E-state index contributed by atoms with van der Waals surface area (Å²) in [5, 5.41) is 0.526. The molecule has 1 aliphatic carbocycles. The lowest BCUT2D eigenvalue weighted by Crippen LogP contribution is -2.40. The van der Waals surface area contributed by atoms with Gasteiger partial charge in [0, 0.05) is 12.5 Å². The maximum Gasteiger partial charge on any atom is 0.266 e. The van der Waals surface area contributed by atoms with Crippen molar-refractivity contribution in [2.45, 2.75) is 51.6 Å². The molecule has 0 spiro atoms. The molecule has 0 aliphatic heterocycles. The van der Waals surface area contributed by atoms with Crippen LogP contribution in [-0.4, -0.2) is 27.5 Å². The van der Waals surface area contributed by atoms with E-state index < -0.39 is 6.04 Å². The minimum atomic E-state index is -0.447. The van der Waals surface area contributed by atoms with Gasteiger partial charge in [-0.25, -0.2) is 4.98 Å². The zero-order chi connectivity index (χ0) is 25.8. The van der Waals surface area contributed by atoms with Crippen molar-refractivity contribution in [1.29, 1.82) is 0 Å². The Labute approximate surface area is 217 Å². The number of carbonyl (C=O) groups excluding carboxylic acids is 1. The maximum absolute atomic E-state index is 14.0. The van der Waals surface area contributed by atoms with Crippen LogP contribution in [0.2, 0.25) is 0 Å². The third-order valence-corrected chi connectivity index (χ3v) is 7.40. The van der Waals surface area contributed by atoms with Crippen molar-refractivity contribution in [2.24, 2.45) is 5.92 Å². The van der Waals surface area contributed by atoms with Gasteiger partial charge in [-0.15, -0.1) is 0 Å². The molecule has 0 saturated heterocycles. The molecule has 0 radical (unpaired) electrons. The zero-order valence-corrected chi connectivity index (χ0v) is 21.5. The minimum Gasteiger partial charge on any atom is -0.495 e. The predicted molar refractivity (Wildman–Crippen MR) is 146 cm³/mol. The summed E-state index contributed by atoms with van der Waals surface area (Å²) in [6, 6.07) is 24.4. The Balaban J connectivity index is 1.68. The normalized spacial score (nSPS) is 14.9. The zero-order valence-electron chi connectivity index (χ0n) is 21.5. The van der Waals surface area contributed by atoms with Gasteiger partial charge in [-0.05, 0) is 49.6 Å². The van der Waals surface area contributed by atoms with Crippen molar-refractivity contribution in [3.05, 3.63) is 101 Å². The van der Waals surface area contributed by atoms with E-state index >= 15 is 0 Å². The van der Waals surface area contributed by atoms with Crippen LogP contribution in [0.5, 0.6) is 5.75 Å². The van der Waals surface area contributed by atoms with Crippen LogP contribution in [-0.2, 0) is 11.3 Å². The number of carbonyl (C=O) groups is 1. The van der Waals surface area contributed by atoms with Gasteiger partial charge in [-0.3, -0.25) is 14.2 Å². The van der Waals surface area contributed by atoms with Gasteiger partial charge in [0.25, 0.3) is 5.56 Å². The Morgan fingerprint density at radius 1 is 0.973 bits per heavy atom. The first-order valence-electron chi connectivity index (χ1n) is 13.1. The van der Waals surface area contributed by atoms with E-state index in [9.17, 15) is 9.59 Å². The first-order chi connectivity index (χ1) is 18.1. The number of rotatable bonds is 7. The van der Waals surface area contributed by atoms with E-state index in [1.807, 2.05) is 84.6 Å². The van der Waals surface area contributed by atoms with Crippen molar-refractivity contribution >= 4 is 16.8 Å². The molecule has 5 rings (SSSR count). The summed E-state index contributed by atoms with van der Waals surface area (Å²) in [4.78, 5) is 34.9. The topological polar surface area (TPSA) is 64.4 Å². The molecule has 1 unspecified atom stereocenters. The summed E-state index contributed by atoms with van der Waals surface area (Å²) >= 11 is 0. The quantitative estimate of drug-likeness (QED) is 0.312. The third-order valence-electron chi connectivity index (χ3n) is 7.40. The van der Waals surface area contributed by atoms with Crippen LogP contribution in [0.1, 0.15) is 56.5 Å². The number of hydrogen-bond donors (Lipinski definition) is 0. The van der Waals surface area contributed by atoms with Gasteiger partial charge in [0.05, 0.1) is 29.7 Å². The van der Waals surface area contributed by atoms with E-state index in [1.54, 1.807) is 17.7 Å². The maximum atomic E-state index is 14.0. The fraction of sp³-hybridized carbons (Fsp3) is 0.323. The van der Waals surface area contributed by atoms with E-state index in [1.165, 1.54) is 6.42 Å². The van der Waals surface area contributed by atoms with Crippen LogP contribution in [0.25, 0.3) is 16.6 Å². The number of para-hydroxylation sites is 3. The largest absolute Gasteiger partial charge is 0.495 e. The van der Waals surface area contributed by atoms with Gasteiger partial charge in [0.2, 0.25) is 5.91 Å². The monoisotopic (exact) mass is 495 g/mol. The lowest BCUT2D eigenvalue weighted by molar-refractivity contribution is -0.139. The molecular formula is C31H33N3O3. The van der Waals surface area contributed by atoms with Crippen molar-refractivity contribution in [2.75, 3.05) is 7.11 Å². The van der Waals surface area contributed by atoms with Crippen LogP contribution in [0.3, 0.4) is 0 Å². The van der Waals surface area contributed by atoms with Crippen molar-refractivity contribution < 1.29 is 9.53 Å². The van der Waals surface area contributed by atoms with E-state index in [-0.39, 0.29) is 17.4 Å². The number of fused-ring (bicyclic) bond motifs is 1. The molecule has 1 aliphatic rings. The van der Waals surface area contributed by atoms with E-state index in [0.29, 0.717) is 34.7 Å². The summed E-state index contributed by atoms with van der Waals surface area (Å²) in [6.07, 6.45) is 5.13. The van der Waals surface area contributed by atoms with Gasteiger partial charge in [0.15, 0.2) is 0 Å². The van der Waals surface area contributed by atoms with E-state index in [4.69, 9.17) is 9.72 Å². The van der Waals surface area contributed by atoms with E-state index in [2.05, 4.69) is 0 Å². The summed E-state index contributed by atoms with van der Waals surface area (Å²) in [5.41, 5.74) is 2.09. The van der Waals surface area contributed by atoms with Crippen molar-refractivity contribution in [1.82, 2.24) is 14.5 Å². The number of ether oxygens (including phenoxy) is 1. The van der Waals surface area contributed by atoms with Gasteiger partial charge < -0.3 is 9.64 Å². The molecule has 0 bridgehead atoms. The van der Waals surface area contributed by atoms with Gasteiger partial charge >= 0.3 is 0 Å². The predicted octanol–water partition coefficient (Wildman–Crippen LogP) is 6.06. The van der Waals surface area contributed by atoms with Crippen LogP contribution in [0.15, 0.2) is 83.7 Å². The molecule has 3 aromatic carbocycles. The second-order valence-electron chi connectivity index (χ2n) is 9.76. The Kier molecular flexibility index (Phi) is 7.35. The molecule has 1 fully saturated rings. The first kappa shape index (κ1) is 24.8. The minimum absolute atomic E-state index is 0.00759. The second-order valence-corrected chi connectivity index (χ2v) is 9.76. The Hall–Kier alpha value is -3.93. The molecule has 1 amide bonds. The molecule has 1 aromatic heterocycles. The standard InChI is InChI=1S/C31H33N3O3/c1-22(33(21-23-13-5-3-6-14-23)30(35)24-15-7-4-8-16-24)29-32-26-18-10-9-17-25(26)31(36)34(29)27-19-11-12-20-28(27)37-2/h3,5-6,9-14,17-20,22,24H,4,7-8,15-16,21H2,1-2H3. The second kappa shape index (κ2) is 11.0. The van der Waals surface area contributed by atoms with Gasteiger partial charge in [-0.1, -0.05) is 73.9 Å². The molecule has 6 nitrogen and oxygen atoms in total. The number of benzene rings is 3. The SMILES string of the molecule is COc1ccccc1-n1c(C(C)N(Cc2ccccc2)C(=O)C2CCCCC2)nc2ccccc2c1=O. The number of methoxy groups -OCH3 is 1. The first-order valence-corrected chi connectivity index (χ1v) is 13.1. The molecule has 190 valence electrons. The van der Waals surface area contributed by atoms with E-state index in [0.717, 1.165) is 31.2 Å². The summed E-state index contributed by atoms with van der Waals surface area (Å²) in [5.74, 6) is 1.22. The summed E-state index contributed by atoms with van der Waals surface area (Å²) in [6.45, 7) is 2.43. The Morgan fingerprint density at radius 2 is 1.65 bits per heavy atom. The van der Waals surface area contributed by atoms with Gasteiger partial charge in [0.1, 0.15) is 11.6 Å². The third kappa shape index (κ3) is 5.01. The molecule has 6 heteroatoms. The molecule has 37 heavy (non-hydrogen) atoms. The lowest BCUT2D eigenvalue weighted by atomic mass is 9.88. The smallest absolute Gasteiger partial charge is 0.266 e. The number of hydrogen-bond acceptors (Lipinski definition) is 4. The lowest BCUT2D eigenvalue weighted by Gasteiger charge is -2.34. The Morgan fingerprint density at radius 3 is 2.41 bits per heavy atom. The fourth-order valence-electron chi connectivity index (χ4n) is 5.39. The summed E-state index contributed by atoms with van der Waals surface area (Å²) < 4.78 is 7.26.